The summed E-state index contributed by atoms with van der Waals surface area (Å²) in [5.74, 6) is 1.67. The first-order chi connectivity index (χ1) is 15.1. The molecule has 3 aromatic rings. The monoisotopic (exact) mass is 438 g/mol. The molecule has 8 heteroatoms. The summed E-state index contributed by atoms with van der Waals surface area (Å²) in [5, 5.41) is 12.4. The second-order valence-corrected chi connectivity index (χ2v) is 8.38. The molecule has 1 fully saturated rings. The molecule has 0 unspecified atom stereocenters. The van der Waals surface area contributed by atoms with Crippen molar-refractivity contribution in [3.63, 3.8) is 0 Å². The molecule has 7 nitrogen and oxygen atoms in total. The molecule has 1 saturated heterocycles. The SMILES string of the molecule is COc1cccc(-c2nnc(SCC(=O)NC[C@@H]3CCCO3)n2-c2ccc(C)cc2)c1. The van der Waals surface area contributed by atoms with Crippen LogP contribution in [0.5, 0.6) is 5.75 Å². The topological polar surface area (TPSA) is 78.3 Å². The molecule has 1 amide bonds. The molecule has 31 heavy (non-hydrogen) atoms. The average molecular weight is 439 g/mol. The van der Waals surface area contributed by atoms with Crippen molar-refractivity contribution >= 4 is 17.7 Å². The number of nitrogens with zero attached hydrogens (tertiary/aromatic N) is 3. The highest BCUT2D eigenvalue weighted by Crippen LogP contribution is 2.29. The second-order valence-electron chi connectivity index (χ2n) is 7.44. The zero-order chi connectivity index (χ0) is 21.6. The predicted molar refractivity (Wildman–Crippen MR) is 121 cm³/mol. The Morgan fingerprint density at radius 3 is 2.84 bits per heavy atom. The number of hydrogen-bond acceptors (Lipinski definition) is 6. The van der Waals surface area contributed by atoms with Crippen molar-refractivity contribution in [1.29, 1.82) is 0 Å². The molecule has 4 rings (SSSR count). The van der Waals surface area contributed by atoms with Crippen molar-refractivity contribution in [1.82, 2.24) is 20.1 Å². The van der Waals surface area contributed by atoms with Gasteiger partial charge in [-0.25, -0.2) is 0 Å². The van der Waals surface area contributed by atoms with Gasteiger partial charge in [0, 0.05) is 24.4 Å². The second kappa shape index (κ2) is 9.98. The van der Waals surface area contributed by atoms with Gasteiger partial charge in [0.2, 0.25) is 5.91 Å². The van der Waals surface area contributed by atoms with Crippen LogP contribution in [-0.2, 0) is 9.53 Å². The normalized spacial score (nSPS) is 15.7. The van der Waals surface area contributed by atoms with Crippen molar-refractivity contribution in [2.24, 2.45) is 0 Å². The molecule has 162 valence electrons. The maximum absolute atomic E-state index is 12.4. The highest BCUT2D eigenvalue weighted by molar-refractivity contribution is 7.99. The minimum Gasteiger partial charge on any atom is -0.497 e. The summed E-state index contributed by atoms with van der Waals surface area (Å²) in [6.45, 7) is 3.38. The number of aromatic nitrogens is 3. The number of carbonyl (C=O) groups is 1. The van der Waals surface area contributed by atoms with Crippen LogP contribution in [0, 0.1) is 6.92 Å². The van der Waals surface area contributed by atoms with E-state index in [0.717, 1.165) is 36.4 Å². The van der Waals surface area contributed by atoms with Gasteiger partial charge in [0.1, 0.15) is 5.75 Å². The van der Waals surface area contributed by atoms with E-state index in [0.29, 0.717) is 17.5 Å². The number of hydrogen-bond donors (Lipinski definition) is 1. The Morgan fingerprint density at radius 2 is 2.10 bits per heavy atom. The van der Waals surface area contributed by atoms with Crippen molar-refractivity contribution < 1.29 is 14.3 Å². The maximum atomic E-state index is 12.4. The van der Waals surface area contributed by atoms with Gasteiger partial charge in [-0.1, -0.05) is 41.6 Å². The van der Waals surface area contributed by atoms with E-state index < -0.39 is 0 Å². The number of nitrogens with one attached hydrogen (secondary N) is 1. The number of methoxy groups -OCH3 is 1. The zero-order valence-corrected chi connectivity index (χ0v) is 18.5. The zero-order valence-electron chi connectivity index (χ0n) is 17.7. The molecular weight excluding hydrogens is 412 g/mol. The third-order valence-corrected chi connectivity index (χ3v) is 6.07. The van der Waals surface area contributed by atoms with E-state index in [1.54, 1.807) is 7.11 Å². The fraction of sp³-hybridized carbons (Fsp3) is 0.348. The van der Waals surface area contributed by atoms with Gasteiger partial charge < -0.3 is 14.8 Å². The van der Waals surface area contributed by atoms with Crippen LogP contribution in [0.3, 0.4) is 0 Å². The molecule has 0 saturated carbocycles. The number of benzene rings is 2. The Bertz CT molecular complexity index is 1030. The molecule has 1 aromatic heterocycles. The molecule has 0 spiro atoms. The van der Waals surface area contributed by atoms with Crippen LogP contribution in [0.4, 0.5) is 0 Å². The minimum atomic E-state index is -0.0399. The summed E-state index contributed by atoms with van der Waals surface area (Å²) in [6, 6.07) is 15.9. The van der Waals surface area contributed by atoms with Crippen LogP contribution in [0.15, 0.2) is 53.7 Å². The Kier molecular flexibility index (Phi) is 6.89. The van der Waals surface area contributed by atoms with Gasteiger partial charge in [-0.2, -0.15) is 0 Å². The Balaban J connectivity index is 1.56. The summed E-state index contributed by atoms with van der Waals surface area (Å²) in [6.07, 6.45) is 2.19. The maximum Gasteiger partial charge on any atom is 0.230 e. The van der Waals surface area contributed by atoms with Gasteiger partial charge in [0.15, 0.2) is 11.0 Å². The van der Waals surface area contributed by atoms with Gasteiger partial charge in [0.05, 0.1) is 19.0 Å². The summed E-state index contributed by atoms with van der Waals surface area (Å²) in [5.41, 5.74) is 3.00. The number of carbonyl (C=O) groups excluding carboxylic acids is 1. The number of thioether (sulfide) groups is 1. The van der Waals surface area contributed by atoms with Crippen LogP contribution in [0.1, 0.15) is 18.4 Å². The number of aryl methyl sites for hydroxylation is 1. The molecule has 1 atom stereocenters. The van der Waals surface area contributed by atoms with Crippen molar-refractivity contribution in [2.75, 3.05) is 26.0 Å². The van der Waals surface area contributed by atoms with E-state index in [-0.39, 0.29) is 17.8 Å². The highest BCUT2D eigenvalue weighted by atomic mass is 32.2. The molecule has 1 N–H and O–H groups in total. The summed E-state index contributed by atoms with van der Waals surface area (Å²) in [4.78, 5) is 12.4. The minimum absolute atomic E-state index is 0.0399. The molecule has 2 aromatic carbocycles. The van der Waals surface area contributed by atoms with E-state index in [2.05, 4.69) is 15.5 Å². The van der Waals surface area contributed by atoms with Gasteiger partial charge in [-0.15, -0.1) is 10.2 Å². The van der Waals surface area contributed by atoms with E-state index in [1.165, 1.54) is 17.3 Å². The lowest BCUT2D eigenvalue weighted by atomic mass is 10.2. The van der Waals surface area contributed by atoms with Crippen LogP contribution >= 0.6 is 11.8 Å². The average Bonchev–Trinajstić information content (AvgIpc) is 3.47. The lowest BCUT2D eigenvalue weighted by molar-refractivity contribution is -0.119. The van der Waals surface area contributed by atoms with Crippen molar-refractivity contribution in [2.45, 2.75) is 31.0 Å². The first-order valence-electron chi connectivity index (χ1n) is 10.3. The van der Waals surface area contributed by atoms with Gasteiger partial charge in [-0.3, -0.25) is 9.36 Å². The Morgan fingerprint density at radius 1 is 1.26 bits per heavy atom. The fourth-order valence-electron chi connectivity index (χ4n) is 3.45. The summed E-state index contributed by atoms with van der Waals surface area (Å²) < 4.78 is 12.9. The third kappa shape index (κ3) is 5.26. The molecule has 1 aliphatic rings. The van der Waals surface area contributed by atoms with E-state index in [1.807, 2.05) is 60.0 Å². The standard InChI is InChI=1S/C23H26N4O3S/c1-16-8-10-18(11-9-16)27-22(17-5-3-6-19(13-17)29-2)25-26-23(27)31-15-21(28)24-14-20-7-4-12-30-20/h3,5-6,8-11,13,20H,4,7,12,14-15H2,1-2H3,(H,24,28)/t20-/m0/s1. The number of amides is 1. The number of ether oxygens (including phenoxy) is 2. The molecule has 0 aliphatic carbocycles. The number of rotatable bonds is 8. The fourth-order valence-corrected chi connectivity index (χ4v) is 4.24. The Hall–Kier alpha value is -2.84. The van der Waals surface area contributed by atoms with Crippen molar-refractivity contribution in [3.05, 3.63) is 54.1 Å². The predicted octanol–water partition coefficient (Wildman–Crippen LogP) is 3.64. The summed E-state index contributed by atoms with van der Waals surface area (Å²) in [7, 11) is 1.64. The quantitative estimate of drug-likeness (QED) is 0.541. The molecular formula is C23H26N4O3S. The van der Waals surface area contributed by atoms with E-state index in [9.17, 15) is 4.79 Å². The molecule has 1 aliphatic heterocycles. The van der Waals surface area contributed by atoms with Gasteiger partial charge >= 0.3 is 0 Å². The Labute approximate surface area is 186 Å². The van der Waals surface area contributed by atoms with Crippen LogP contribution < -0.4 is 10.1 Å². The lowest BCUT2D eigenvalue weighted by Crippen LogP contribution is -2.32. The van der Waals surface area contributed by atoms with E-state index >= 15 is 0 Å². The summed E-state index contributed by atoms with van der Waals surface area (Å²) >= 11 is 1.37. The van der Waals surface area contributed by atoms with E-state index in [4.69, 9.17) is 9.47 Å². The van der Waals surface area contributed by atoms with Crippen molar-refractivity contribution in [3.8, 4) is 22.8 Å². The lowest BCUT2D eigenvalue weighted by Gasteiger charge is -2.12. The molecule has 0 bridgehead atoms. The van der Waals surface area contributed by atoms with Crippen LogP contribution in [-0.4, -0.2) is 52.8 Å². The third-order valence-electron chi connectivity index (χ3n) is 5.14. The molecule has 0 radical (unpaired) electrons. The smallest absolute Gasteiger partial charge is 0.230 e. The van der Waals surface area contributed by atoms with Crippen LogP contribution in [0.2, 0.25) is 0 Å². The molecule has 2 heterocycles. The highest BCUT2D eigenvalue weighted by Gasteiger charge is 2.19. The van der Waals surface area contributed by atoms with Gasteiger partial charge in [-0.05, 0) is 44.0 Å². The largest absolute Gasteiger partial charge is 0.497 e. The first kappa shape index (κ1) is 21.4. The first-order valence-corrected chi connectivity index (χ1v) is 11.3. The van der Waals surface area contributed by atoms with Crippen LogP contribution in [0.25, 0.3) is 17.1 Å². The van der Waals surface area contributed by atoms with Gasteiger partial charge in [0.25, 0.3) is 0 Å².